The van der Waals surface area contributed by atoms with E-state index in [9.17, 15) is 14.4 Å². The lowest BCUT2D eigenvalue weighted by Gasteiger charge is -2.10. The minimum absolute atomic E-state index is 0.222. The predicted octanol–water partition coefficient (Wildman–Crippen LogP) is 4.03. The number of ether oxygens (including phenoxy) is 1. The Balaban J connectivity index is 1.34. The standard InChI is InChI=1S/C26H24N2O4/c1-17-4-2-5-19(12-17)16-32-23-7-3-6-20(14-23)25(30)27-22-10-8-18(9-11-22)13-21-15-24(29)28-26(21)31/h2-12,14,21H,13,15-16H2,1H3,(H,27,30)(H,28,29,31). The third-order valence-corrected chi connectivity index (χ3v) is 5.34. The van der Waals surface area contributed by atoms with Crippen LogP contribution in [0.4, 0.5) is 5.69 Å². The number of anilines is 1. The Kier molecular flexibility index (Phi) is 6.31. The van der Waals surface area contributed by atoms with Gasteiger partial charge in [0.25, 0.3) is 5.91 Å². The lowest BCUT2D eigenvalue weighted by atomic mass is 9.98. The Morgan fingerprint density at radius 3 is 2.50 bits per heavy atom. The van der Waals surface area contributed by atoms with Gasteiger partial charge in [0.1, 0.15) is 12.4 Å². The van der Waals surface area contributed by atoms with Crippen molar-refractivity contribution >= 4 is 23.4 Å². The number of imide groups is 1. The fourth-order valence-corrected chi connectivity index (χ4v) is 3.68. The SMILES string of the molecule is Cc1cccc(COc2cccc(C(=O)Nc3ccc(CC4CC(=O)NC4=O)cc3)c2)c1. The van der Waals surface area contributed by atoms with Gasteiger partial charge in [0.05, 0.1) is 5.92 Å². The highest BCUT2D eigenvalue weighted by atomic mass is 16.5. The van der Waals surface area contributed by atoms with Crippen LogP contribution in [0, 0.1) is 12.8 Å². The molecule has 6 nitrogen and oxygen atoms in total. The van der Waals surface area contributed by atoms with E-state index in [0.717, 1.165) is 11.1 Å². The van der Waals surface area contributed by atoms with Crippen molar-refractivity contribution in [3.63, 3.8) is 0 Å². The van der Waals surface area contributed by atoms with Crippen LogP contribution in [-0.4, -0.2) is 17.7 Å². The second-order valence-electron chi connectivity index (χ2n) is 7.97. The van der Waals surface area contributed by atoms with Crippen molar-refractivity contribution in [3.05, 3.63) is 95.1 Å². The summed E-state index contributed by atoms with van der Waals surface area (Å²) >= 11 is 0. The van der Waals surface area contributed by atoms with Gasteiger partial charge in [-0.1, -0.05) is 48.0 Å². The van der Waals surface area contributed by atoms with E-state index in [2.05, 4.69) is 16.7 Å². The molecule has 1 heterocycles. The summed E-state index contributed by atoms with van der Waals surface area (Å²) in [7, 11) is 0. The summed E-state index contributed by atoms with van der Waals surface area (Å²) in [5, 5.41) is 5.20. The number of nitrogens with one attached hydrogen (secondary N) is 2. The zero-order chi connectivity index (χ0) is 22.5. The quantitative estimate of drug-likeness (QED) is 0.557. The van der Waals surface area contributed by atoms with E-state index in [1.165, 1.54) is 5.56 Å². The largest absolute Gasteiger partial charge is 0.489 e. The predicted molar refractivity (Wildman–Crippen MR) is 121 cm³/mol. The summed E-state index contributed by atoms with van der Waals surface area (Å²) in [5.41, 5.74) is 4.32. The number of rotatable bonds is 7. The van der Waals surface area contributed by atoms with E-state index in [4.69, 9.17) is 4.74 Å². The number of carbonyl (C=O) groups is 3. The molecule has 2 N–H and O–H groups in total. The summed E-state index contributed by atoms with van der Waals surface area (Å²) in [4.78, 5) is 35.7. The van der Waals surface area contributed by atoms with Crippen LogP contribution in [0.25, 0.3) is 0 Å². The summed E-state index contributed by atoms with van der Waals surface area (Å²) in [6, 6.07) is 22.5. The molecule has 32 heavy (non-hydrogen) atoms. The van der Waals surface area contributed by atoms with E-state index >= 15 is 0 Å². The Morgan fingerprint density at radius 1 is 1.00 bits per heavy atom. The molecule has 3 aromatic rings. The highest BCUT2D eigenvalue weighted by Crippen LogP contribution is 2.20. The summed E-state index contributed by atoms with van der Waals surface area (Å²) in [5.74, 6) is -0.394. The number of benzene rings is 3. The molecule has 3 aromatic carbocycles. The van der Waals surface area contributed by atoms with Crippen LogP contribution in [0.3, 0.4) is 0 Å². The van der Waals surface area contributed by atoms with Crippen molar-refractivity contribution in [2.45, 2.75) is 26.4 Å². The van der Waals surface area contributed by atoms with Crippen LogP contribution in [0.1, 0.15) is 33.5 Å². The van der Waals surface area contributed by atoms with Gasteiger partial charge in [-0.2, -0.15) is 0 Å². The molecule has 162 valence electrons. The molecule has 0 aromatic heterocycles. The molecule has 0 saturated carbocycles. The fourth-order valence-electron chi connectivity index (χ4n) is 3.68. The second-order valence-corrected chi connectivity index (χ2v) is 7.97. The lowest BCUT2D eigenvalue weighted by Crippen LogP contribution is -2.22. The van der Waals surface area contributed by atoms with Crippen LogP contribution >= 0.6 is 0 Å². The third-order valence-electron chi connectivity index (χ3n) is 5.34. The molecule has 0 spiro atoms. The first-order valence-electron chi connectivity index (χ1n) is 10.5. The Labute approximate surface area is 186 Å². The maximum atomic E-state index is 12.7. The van der Waals surface area contributed by atoms with Crippen LogP contribution in [0.5, 0.6) is 5.75 Å². The first-order chi connectivity index (χ1) is 15.5. The van der Waals surface area contributed by atoms with Crippen molar-refractivity contribution in [1.29, 1.82) is 0 Å². The van der Waals surface area contributed by atoms with Crippen LogP contribution in [-0.2, 0) is 22.6 Å². The van der Waals surface area contributed by atoms with E-state index in [1.807, 2.05) is 43.3 Å². The average molecular weight is 428 g/mol. The first-order valence-corrected chi connectivity index (χ1v) is 10.5. The van der Waals surface area contributed by atoms with E-state index < -0.39 is 0 Å². The van der Waals surface area contributed by atoms with Crippen LogP contribution < -0.4 is 15.4 Å². The maximum absolute atomic E-state index is 12.7. The lowest BCUT2D eigenvalue weighted by molar-refractivity contribution is -0.125. The minimum Gasteiger partial charge on any atom is -0.489 e. The van der Waals surface area contributed by atoms with Crippen LogP contribution in [0.15, 0.2) is 72.8 Å². The zero-order valence-electron chi connectivity index (χ0n) is 17.8. The number of aryl methyl sites for hydroxylation is 1. The average Bonchev–Trinajstić information content (AvgIpc) is 3.10. The molecule has 4 rings (SSSR count). The van der Waals surface area contributed by atoms with Gasteiger partial charge >= 0.3 is 0 Å². The molecule has 0 aliphatic carbocycles. The summed E-state index contributed by atoms with van der Waals surface area (Å²) < 4.78 is 5.85. The maximum Gasteiger partial charge on any atom is 0.255 e. The van der Waals surface area contributed by atoms with Gasteiger partial charge in [0, 0.05) is 17.7 Å². The van der Waals surface area contributed by atoms with Crippen molar-refractivity contribution in [1.82, 2.24) is 5.32 Å². The Hall–Kier alpha value is -3.93. The molecule has 1 fully saturated rings. The first kappa shape index (κ1) is 21.3. The van der Waals surface area contributed by atoms with Gasteiger partial charge in [-0.3, -0.25) is 19.7 Å². The summed E-state index contributed by atoms with van der Waals surface area (Å²) in [6.07, 6.45) is 0.714. The van der Waals surface area contributed by atoms with E-state index in [-0.39, 0.29) is 30.1 Å². The normalized spacial score (nSPS) is 15.3. The number of hydrogen-bond acceptors (Lipinski definition) is 4. The smallest absolute Gasteiger partial charge is 0.255 e. The Bertz CT molecular complexity index is 1150. The summed E-state index contributed by atoms with van der Waals surface area (Å²) in [6.45, 7) is 2.46. The van der Waals surface area contributed by atoms with Gasteiger partial charge in [-0.05, 0) is 54.8 Å². The molecule has 0 radical (unpaired) electrons. The van der Waals surface area contributed by atoms with Gasteiger partial charge in [-0.25, -0.2) is 0 Å². The minimum atomic E-state index is -0.328. The van der Waals surface area contributed by atoms with Crippen molar-refractivity contribution in [2.24, 2.45) is 5.92 Å². The number of hydrogen-bond donors (Lipinski definition) is 2. The highest BCUT2D eigenvalue weighted by molar-refractivity contribution is 6.04. The van der Waals surface area contributed by atoms with Gasteiger partial charge in [-0.15, -0.1) is 0 Å². The Morgan fingerprint density at radius 2 is 1.78 bits per heavy atom. The van der Waals surface area contributed by atoms with Crippen molar-refractivity contribution in [2.75, 3.05) is 5.32 Å². The fraction of sp³-hybridized carbons (Fsp3) is 0.192. The zero-order valence-corrected chi connectivity index (χ0v) is 17.8. The molecular formula is C26H24N2O4. The molecule has 0 bridgehead atoms. The monoisotopic (exact) mass is 428 g/mol. The van der Waals surface area contributed by atoms with E-state index in [0.29, 0.717) is 30.0 Å². The number of amides is 3. The number of carbonyl (C=O) groups excluding carboxylic acids is 3. The molecule has 1 atom stereocenters. The second kappa shape index (κ2) is 9.47. The molecule has 1 unspecified atom stereocenters. The van der Waals surface area contributed by atoms with Gasteiger partial charge < -0.3 is 10.1 Å². The molecule has 6 heteroatoms. The van der Waals surface area contributed by atoms with E-state index in [1.54, 1.807) is 30.3 Å². The van der Waals surface area contributed by atoms with Crippen LogP contribution in [0.2, 0.25) is 0 Å². The molecule has 1 aliphatic heterocycles. The topological polar surface area (TPSA) is 84.5 Å². The third kappa shape index (κ3) is 5.40. The molecule has 3 amide bonds. The van der Waals surface area contributed by atoms with Gasteiger partial charge in [0.2, 0.25) is 11.8 Å². The van der Waals surface area contributed by atoms with Gasteiger partial charge in [0.15, 0.2) is 0 Å². The molecular weight excluding hydrogens is 404 g/mol. The molecule has 1 saturated heterocycles. The van der Waals surface area contributed by atoms with Crippen molar-refractivity contribution < 1.29 is 19.1 Å². The highest BCUT2D eigenvalue weighted by Gasteiger charge is 2.30. The van der Waals surface area contributed by atoms with Crippen molar-refractivity contribution in [3.8, 4) is 5.75 Å². The molecule has 1 aliphatic rings.